The smallest absolute Gasteiger partial charge is 0.254 e. The van der Waals surface area contributed by atoms with E-state index < -0.39 is 0 Å². The Morgan fingerprint density at radius 2 is 2.04 bits per heavy atom. The second kappa shape index (κ2) is 7.46. The van der Waals surface area contributed by atoms with Crippen LogP contribution in [0.15, 0.2) is 71.7 Å². The molecule has 0 N–H and O–H groups in total. The summed E-state index contributed by atoms with van der Waals surface area (Å²) < 4.78 is 3.07. The lowest BCUT2D eigenvalue weighted by Gasteiger charge is -2.25. The van der Waals surface area contributed by atoms with Crippen LogP contribution in [0.2, 0.25) is 0 Å². The Labute approximate surface area is 161 Å². The monoisotopic (exact) mass is 409 g/mol. The Hall–Kier alpha value is -2.40. The van der Waals surface area contributed by atoms with Crippen molar-refractivity contribution in [1.82, 2.24) is 14.5 Å². The predicted octanol–water partition coefficient (Wildman–Crippen LogP) is 4.67. The molecule has 26 heavy (non-hydrogen) atoms. The first-order chi connectivity index (χ1) is 12.7. The van der Waals surface area contributed by atoms with Crippen molar-refractivity contribution in [3.8, 4) is 0 Å². The van der Waals surface area contributed by atoms with E-state index in [9.17, 15) is 4.79 Å². The van der Waals surface area contributed by atoms with Crippen LogP contribution >= 0.6 is 15.9 Å². The second-order valence-electron chi connectivity index (χ2n) is 6.64. The minimum atomic E-state index is 0.113. The molecule has 2 aromatic carbocycles. The average molecular weight is 410 g/mol. The van der Waals surface area contributed by atoms with E-state index in [0.717, 1.165) is 41.5 Å². The quantitative estimate of drug-likeness (QED) is 0.627. The number of hydrogen-bond donors (Lipinski definition) is 0. The summed E-state index contributed by atoms with van der Waals surface area (Å²) in [6.45, 7) is 1.58. The summed E-state index contributed by atoms with van der Waals surface area (Å²) in [4.78, 5) is 19.1. The Kier molecular flexibility index (Phi) is 4.89. The number of nitrogens with zero attached hydrogens (tertiary/aromatic N) is 3. The van der Waals surface area contributed by atoms with Gasteiger partial charge in [-0.3, -0.25) is 4.79 Å². The molecule has 3 aromatic rings. The molecule has 1 aromatic heterocycles. The normalized spacial score (nSPS) is 16.8. The highest BCUT2D eigenvalue weighted by Gasteiger charge is 2.30. The second-order valence-corrected chi connectivity index (χ2v) is 7.56. The molecule has 1 saturated heterocycles. The maximum Gasteiger partial charge on any atom is 0.254 e. The van der Waals surface area contributed by atoms with E-state index in [0.29, 0.717) is 0 Å². The van der Waals surface area contributed by atoms with Crippen LogP contribution in [-0.2, 0) is 6.54 Å². The lowest BCUT2D eigenvalue weighted by Crippen LogP contribution is -2.30. The largest absolute Gasteiger partial charge is 0.333 e. The summed E-state index contributed by atoms with van der Waals surface area (Å²) in [6.07, 6.45) is 7.56. The highest BCUT2D eigenvalue weighted by Crippen LogP contribution is 2.34. The molecule has 2 heterocycles. The third-order valence-electron chi connectivity index (χ3n) is 4.87. The van der Waals surface area contributed by atoms with Crippen LogP contribution in [0, 0.1) is 0 Å². The maximum atomic E-state index is 13.0. The zero-order chi connectivity index (χ0) is 17.9. The Morgan fingerprint density at radius 3 is 2.77 bits per heavy atom. The predicted molar refractivity (Wildman–Crippen MR) is 105 cm³/mol. The minimum Gasteiger partial charge on any atom is -0.333 e. The molecule has 1 amide bonds. The molecule has 4 rings (SSSR count). The number of carbonyl (C=O) groups excluding carboxylic acids is 1. The van der Waals surface area contributed by atoms with Crippen LogP contribution < -0.4 is 0 Å². The Morgan fingerprint density at radius 1 is 1.19 bits per heavy atom. The average Bonchev–Trinajstić information content (AvgIpc) is 3.33. The van der Waals surface area contributed by atoms with E-state index >= 15 is 0 Å². The number of carbonyl (C=O) groups is 1. The van der Waals surface area contributed by atoms with Gasteiger partial charge in [0.2, 0.25) is 0 Å². The summed E-state index contributed by atoms with van der Waals surface area (Å²) in [6, 6.07) is 16.4. The van der Waals surface area contributed by atoms with Gasteiger partial charge in [-0.25, -0.2) is 4.98 Å². The summed E-state index contributed by atoms with van der Waals surface area (Å²) in [7, 11) is 0. The van der Waals surface area contributed by atoms with Crippen molar-refractivity contribution in [2.24, 2.45) is 0 Å². The van der Waals surface area contributed by atoms with Gasteiger partial charge in [0.05, 0.1) is 12.4 Å². The molecule has 132 valence electrons. The topological polar surface area (TPSA) is 38.1 Å². The van der Waals surface area contributed by atoms with Crippen molar-refractivity contribution in [2.45, 2.75) is 25.4 Å². The van der Waals surface area contributed by atoms with Gasteiger partial charge in [0.1, 0.15) is 0 Å². The van der Waals surface area contributed by atoms with E-state index in [-0.39, 0.29) is 11.9 Å². The maximum absolute atomic E-state index is 13.0. The fourth-order valence-electron chi connectivity index (χ4n) is 3.58. The van der Waals surface area contributed by atoms with Crippen molar-refractivity contribution in [3.63, 3.8) is 0 Å². The molecule has 0 radical (unpaired) electrons. The van der Waals surface area contributed by atoms with E-state index in [4.69, 9.17) is 0 Å². The first-order valence-corrected chi connectivity index (χ1v) is 9.61. The zero-order valence-corrected chi connectivity index (χ0v) is 16.0. The number of halogens is 1. The lowest BCUT2D eigenvalue weighted by atomic mass is 10.0. The number of aromatic nitrogens is 2. The van der Waals surface area contributed by atoms with Crippen molar-refractivity contribution >= 4 is 21.8 Å². The fraction of sp³-hybridized carbons (Fsp3) is 0.238. The van der Waals surface area contributed by atoms with E-state index in [2.05, 4.69) is 33.0 Å². The van der Waals surface area contributed by atoms with Crippen molar-refractivity contribution in [2.75, 3.05) is 6.54 Å². The van der Waals surface area contributed by atoms with Crippen molar-refractivity contribution in [3.05, 3.63) is 88.4 Å². The van der Waals surface area contributed by atoms with Crippen LogP contribution in [0.5, 0.6) is 0 Å². The summed E-state index contributed by atoms with van der Waals surface area (Å²) in [5, 5.41) is 0. The van der Waals surface area contributed by atoms with Gasteiger partial charge in [0.25, 0.3) is 5.91 Å². The van der Waals surface area contributed by atoms with Crippen molar-refractivity contribution in [1.29, 1.82) is 0 Å². The molecule has 0 bridgehead atoms. The molecule has 1 unspecified atom stereocenters. The SMILES string of the molecule is O=C(c1ccc(Cn2ccnc2)cc1)N1CCCC1c1cccc(Br)c1. The number of benzene rings is 2. The number of likely N-dealkylation sites (tertiary alicyclic amines) is 1. The van der Waals surface area contributed by atoms with E-state index in [1.807, 2.05) is 52.1 Å². The van der Waals surface area contributed by atoms with Crippen LogP contribution in [-0.4, -0.2) is 26.9 Å². The number of hydrogen-bond acceptors (Lipinski definition) is 2. The van der Waals surface area contributed by atoms with Gasteiger partial charge in [-0.2, -0.15) is 0 Å². The molecule has 1 aliphatic rings. The standard InChI is InChI=1S/C21H20BrN3O/c22-19-4-1-3-18(13-19)20-5-2-11-25(20)21(26)17-8-6-16(7-9-17)14-24-12-10-23-15-24/h1,3-4,6-10,12-13,15,20H,2,5,11,14H2. The third kappa shape index (κ3) is 3.58. The van der Waals surface area contributed by atoms with E-state index in [1.54, 1.807) is 12.5 Å². The number of amides is 1. The molecule has 1 fully saturated rings. The summed E-state index contributed by atoms with van der Waals surface area (Å²) in [5.74, 6) is 0.113. The Bertz CT molecular complexity index is 890. The fourth-order valence-corrected chi connectivity index (χ4v) is 4.00. The molecule has 1 atom stereocenters. The first kappa shape index (κ1) is 17.0. The van der Waals surface area contributed by atoms with Crippen molar-refractivity contribution < 1.29 is 4.79 Å². The molecule has 4 nitrogen and oxygen atoms in total. The van der Waals surface area contributed by atoms with E-state index in [1.165, 1.54) is 5.56 Å². The van der Waals surface area contributed by atoms with Gasteiger partial charge in [0, 0.05) is 35.5 Å². The molecule has 0 spiro atoms. The number of rotatable bonds is 4. The third-order valence-corrected chi connectivity index (χ3v) is 5.37. The summed E-state index contributed by atoms with van der Waals surface area (Å²) >= 11 is 3.53. The van der Waals surface area contributed by atoms with Crippen LogP contribution in [0.1, 0.15) is 40.4 Å². The van der Waals surface area contributed by atoms with Gasteiger partial charge in [0.15, 0.2) is 0 Å². The highest BCUT2D eigenvalue weighted by molar-refractivity contribution is 9.10. The molecule has 1 aliphatic heterocycles. The minimum absolute atomic E-state index is 0.113. The molecule has 5 heteroatoms. The summed E-state index contributed by atoms with van der Waals surface area (Å²) in [5.41, 5.74) is 3.10. The molecule has 0 aliphatic carbocycles. The zero-order valence-electron chi connectivity index (χ0n) is 14.4. The van der Waals surface area contributed by atoms with Gasteiger partial charge >= 0.3 is 0 Å². The van der Waals surface area contributed by atoms with Crippen LogP contribution in [0.4, 0.5) is 0 Å². The van der Waals surface area contributed by atoms with Gasteiger partial charge in [-0.1, -0.05) is 40.2 Å². The van der Waals surface area contributed by atoms with Gasteiger partial charge < -0.3 is 9.47 Å². The number of imidazole rings is 1. The molecular weight excluding hydrogens is 390 g/mol. The van der Waals surface area contributed by atoms with Gasteiger partial charge in [-0.05, 0) is 48.2 Å². The highest BCUT2D eigenvalue weighted by atomic mass is 79.9. The molecular formula is C21H20BrN3O. The Balaban J connectivity index is 1.51. The first-order valence-electron chi connectivity index (χ1n) is 8.82. The van der Waals surface area contributed by atoms with Gasteiger partial charge in [-0.15, -0.1) is 0 Å². The molecule has 0 saturated carbocycles. The van der Waals surface area contributed by atoms with Crippen LogP contribution in [0.25, 0.3) is 0 Å². The lowest BCUT2D eigenvalue weighted by molar-refractivity contribution is 0.0735. The van der Waals surface area contributed by atoms with Crippen LogP contribution in [0.3, 0.4) is 0 Å².